The zero-order chi connectivity index (χ0) is 21.7. The van der Waals surface area contributed by atoms with Crippen LogP contribution in [0.4, 0.5) is 11.4 Å². The number of carbonyl (C=O) groups is 1. The highest BCUT2D eigenvalue weighted by Crippen LogP contribution is 2.32. The van der Waals surface area contributed by atoms with E-state index in [1.165, 1.54) is 6.07 Å². The van der Waals surface area contributed by atoms with Gasteiger partial charge in [0.1, 0.15) is 6.04 Å². The normalized spacial score (nSPS) is 12.1. The minimum absolute atomic E-state index is 0.0181. The lowest BCUT2D eigenvalue weighted by Gasteiger charge is -2.18. The number of rotatable bonds is 7. The number of fused-ring (bicyclic) bond motifs is 1. The van der Waals surface area contributed by atoms with Crippen molar-refractivity contribution in [3.63, 3.8) is 0 Å². The highest BCUT2D eigenvalue weighted by molar-refractivity contribution is 6.31. The third-order valence-electron chi connectivity index (χ3n) is 4.50. The van der Waals surface area contributed by atoms with Gasteiger partial charge in [0.2, 0.25) is 5.75 Å². The molecule has 0 aliphatic heterocycles. The van der Waals surface area contributed by atoms with Crippen LogP contribution in [0.2, 0.25) is 5.02 Å². The fourth-order valence-corrected chi connectivity index (χ4v) is 3.20. The van der Waals surface area contributed by atoms with Gasteiger partial charge in [0.05, 0.1) is 11.1 Å². The molecule has 8 nitrogen and oxygen atoms in total. The summed E-state index contributed by atoms with van der Waals surface area (Å²) in [5.41, 5.74) is 2.69. The fraction of sp³-hybridized carbons (Fsp3) is 0.143. The number of nitro groups is 1. The van der Waals surface area contributed by atoms with Crippen LogP contribution in [-0.2, 0) is 4.79 Å². The molecule has 1 atom stereocenters. The summed E-state index contributed by atoms with van der Waals surface area (Å²) < 4.78 is 0. The lowest BCUT2D eigenvalue weighted by Crippen LogP contribution is -2.36. The summed E-state index contributed by atoms with van der Waals surface area (Å²) in [7, 11) is 0. The number of halogens is 1. The first kappa shape index (κ1) is 21.1. The zero-order valence-corrected chi connectivity index (χ0v) is 16.8. The third-order valence-corrected chi connectivity index (χ3v) is 4.72. The van der Waals surface area contributed by atoms with E-state index < -0.39 is 28.3 Å². The van der Waals surface area contributed by atoms with Crippen LogP contribution in [0.3, 0.4) is 0 Å². The summed E-state index contributed by atoms with van der Waals surface area (Å²) in [5.74, 6) is -0.971. The lowest BCUT2D eigenvalue weighted by molar-refractivity contribution is -0.385. The first-order chi connectivity index (χ1) is 14.4. The predicted octanol–water partition coefficient (Wildman–Crippen LogP) is 4.45. The van der Waals surface area contributed by atoms with Gasteiger partial charge in [-0.05, 0) is 23.9 Å². The Balaban J connectivity index is 1.74. The Labute approximate surface area is 177 Å². The second-order valence-corrected chi connectivity index (χ2v) is 6.92. The van der Waals surface area contributed by atoms with Crippen molar-refractivity contribution in [2.75, 3.05) is 5.32 Å². The number of phenols is 1. The number of phenolic OH excluding ortho intramolecular Hbond substituents is 1. The number of hydrazone groups is 1. The molecule has 3 aromatic rings. The minimum Gasteiger partial charge on any atom is -0.502 e. The van der Waals surface area contributed by atoms with Crippen molar-refractivity contribution in [1.82, 2.24) is 5.43 Å². The molecule has 0 aromatic heterocycles. The van der Waals surface area contributed by atoms with Gasteiger partial charge in [0.15, 0.2) is 0 Å². The SMILES string of the molecule is CC[C@@H](Nc1cccc2ccccc12)C(=O)N/N=C\c1cc(Cl)cc([N+](=O)[O-])c1O. The van der Waals surface area contributed by atoms with Crippen molar-refractivity contribution in [2.45, 2.75) is 19.4 Å². The number of nitrogens with one attached hydrogen (secondary N) is 2. The van der Waals surface area contributed by atoms with E-state index in [4.69, 9.17) is 11.6 Å². The third kappa shape index (κ3) is 4.66. The molecule has 30 heavy (non-hydrogen) atoms. The molecule has 0 spiro atoms. The Kier molecular flexibility index (Phi) is 6.48. The molecule has 3 N–H and O–H groups in total. The molecule has 0 aliphatic rings. The van der Waals surface area contributed by atoms with Gasteiger partial charge in [0.25, 0.3) is 5.91 Å². The monoisotopic (exact) mass is 426 g/mol. The molecule has 0 radical (unpaired) electrons. The molecule has 154 valence electrons. The quantitative estimate of drug-likeness (QED) is 0.293. The van der Waals surface area contributed by atoms with Gasteiger partial charge >= 0.3 is 5.69 Å². The average molecular weight is 427 g/mol. The largest absolute Gasteiger partial charge is 0.502 e. The van der Waals surface area contributed by atoms with Crippen LogP contribution in [0.1, 0.15) is 18.9 Å². The number of nitrogens with zero attached hydrogens (tertiary/aromatic N) is 2. The van der Waals surface area contributed by atoms with Crippen molar-refractivity contribution in [3.8, 4) is 5.75 Å². The van der Waals surface area contributed by atoms with Gasteiger partial charge < -0.3 is 10.4 Å². The molecule has 0 heterocycles. The topological polar surface area (TPSA) is 117 Å². The average Bonchev–Trinajstić information content (AvgIpc) is 2.73. The summed E-state index contributed by atoms with van der Waals surface area (Å²) in [5, 5.41) is 30.1. The van der Waals surface area contributed by atoms with E-state index in [-0.39, 0.29) is 10.6 Å². The van der Waals surface area contributed by atoms with Gasteiger partial charge in [-0.3, -0.25) is 14.9 Å². The maximum atomic E-state index is 12.5. The molecule has 0 fully saturated rings. The molecular formula is C21H19ClN4O4. The van der Waals surface area contributed by atoms with E-state index in [1.807, 2.05) is 49.4 Å². The van der Waals surface area contributed by atoms with Crippen LogP contribution in [0, 0.1) is 10.1 Å². The van der Waals surface area contributed by atoms with Crippen LogP contribution in [0.25, 0.3) is 10.8 Å². The van der Waals surface area contributed by atoms with Crippen molar-refractivity contribution in [1.29, 1.82) is 0 Å². The number of hydrogen-bond acceptors (Lipinski definition) is 6. The van der Waals surface area contributed by atoms with E-state index in [9.17, 15) is 20.0 Å². The summed E-state index contributed by atoms with van der Waals surface area (Å²) in [6.07, 6.45) is 1.61. The summed E-state index contributed by atoms with van der Waals surface area (Å²) in [4.78, 5) is 22.8. The number of aromatic hydroxyl groups is 1. The molecule has 3 rings (SSSR count). The molecule has 0 saturated heterocycles. The van der Waals surface area contributed by atoms with Crippen molar-refractivity contribution >= 4 is 45.9 Å². The second-order valence-electron chi connectivity index (χ2n) is 6.49. The number of anilines is 1. The number of hydrogen-bond donors (Lipinski definition) is 3. The zero-order valence-electron chi connectivity index (χ0n) is 16.0. The maximum absolute atomic E-state index is 12.5. The molecule has 0 unspecified atom stereocenters. The number of benzene rings is 3. The van der Waals surface area contributed by atoms with E-state index in [1.54, 1.807) is 0 Å². The van der Waals surface area contributed by atoms with Gasteiger partial charge in [0, 0.05) is 27.7 Å². The molecule has 0 saturated carbocycles. The lowest BCUT2D eigenvalue weighted by atomic mass is 10.1. The van der Waals surface area contributed by atoms with Crippen LogP contribution >= 0.6 is 11.6 Å². The van der Waals surface area contributed by atoms with E-state index in [0.717, 1.165) is 28.7 Å². The van der Waals surface area contributed by atoms with Crippen molar-refractivity contribution < 1.29 is 14.8 Å². The van der Waals surface area contributed by atoms with Crippen molar-refractivity contribution in [3.05, 3.63) is 75.3 Å². The van der Waals surface area contributed by atoms with E-state index in [2.05, 4.69) is 15.8 Å². The summed E-state index contributed by atoms with van der Waals surface area (Å²) in [6.45, 7) is 1.86. The molecule has 0 bridgehead atoms. The fourth-order valence-electron chi connectivity index (χ4n) is 2.98. The smallest absolute Gasteiger partial charge is 0.312 e. The highest BCUT2D eigenvalue weighted by Gasteiger charge is 2.19. The summed E-state index contributed by atoms with van der Waals surface area (Å²) in [6, 6.07) is 15.4. The first-order valence-electron chi connectivity index (χ1n) is 9.14. The van der Waals surface area contributed by atoms with E-state index >= 15 is 0 Å². The van der Waals surface area contributed by atoms with Crippen LogP contribution in [-0.4, -0.2) is 28.2 Å². The minimum atomic E-state index is -0.752. The molecule has 3 aromatic carbocycles. The van der Waals surface area contributed by atoms with Gasteiger partial charge in [-0.25, -0.2) is 5.43 Å². The Morgan fingerprint density at radius 1 is 1.27 bits per heavy atom. The van der Waals surface area contributed by atoms with Gasteiger partial charge in [-0.15, -0.1) is 0 Å². The molecule has 1 amide bonds. The number of carbonyl (C=O) groups excluding carboxylic acids is 1. The van der Waals surface area contributed by atoms with Gasteiger partial charge in [-0.2, -0.15) is 5.10 Å². The van der Waals surface area contributed by atoms with Crippen LogP contribution in [0.15, 0.2) is 59.7 Å². The predicted molar refractivity (Wildman–Crippen MR) is 117 cm³/mol. The first-order valence-corrected chi connectivity index (χ1v) is 9.52. The number of nitro benzene ring substituents is 1. The molecular weight excluding hydrogens is 408 g/mol. The Morgan fingerprint density at radius 2 is 2.00 bits per heavy atom. The van der Waals surface area contributed by atoms with Crippen molar-refractivity contribution in [2.24, 2.45) is 5.10 Å². The van der Waals surface area contributed by atoms with Crippen LogP contribution < -0.4 is 10.7 Å². The maximum Gasteiger partial charge on any atom is 0.312 e. The standard InChI is InChI=1S/C21H19ClN4O4/c1-2-17(24-18-9-5-7-13-6-3-4-8-16(13)18)21(28)25-23-12-14-10-15(22)11-19(20(14)27)26(29)30/h3-12,17,24,27H,2H2,1H3,(H,25,28)/b23-12-/t17-/m1/s1. The molecule has 0 aliphatic carbocycles. The Morgan fingerprint density at radius 3 is 2.73 bits per heavy atom. The Hall–Kier alpha value is -3.65. The summed E-state index contributed by atoms with van der Waals surface area (Å²) >= 11 is 5.84. The van der Waals surface area contributed by atoms with E-state index in [0.29, 0.717) is 6.42 Å². The number of amides is 1. The van der Waals surface area contributed by atoms with Crippen LogP contribution in [0.5, 0.6) is 5.75 Å². The van der Waals surface area contributed by atoms with Gasteiger partial charge in [-0.1, -0.05) is 54.9 Å². The second kappa shape index (κ2) is 9.23. The highest BCUT2D eigenvalue weighted by atomic mass is 35.5. The molecule has 9 heteroatoms. The Bertz CT molecular complexity index is 1130.